The SMILES string of the molecule is CN(C)c1ccc(N(c2ccc(C3=C4C(=O)N(Cc5ccccc5)C(c5ccc(N(c6ccc(N(C)C)cc6)c6ccc(N(C)C)cc6)cc5)=C4C(=O)N3Cc3ccccc3)cc2)c2ccc(N(C)C)cc2)cc1.O=C1C2=C(c3ccc(N(c4ccccc4)c4cc5ccccc5s4)cc3)N(CCC3OCCO3)C(=O)C2=C(c2ccc(N(c3ccccc3)c3cc4ccccc4s3)cc2)N1CCC1OCCO1. The molecular weight excluding hydrogens is 1800 g/mol. The van der Waals surface area contributed by atoms with Crippen LogP contribution in [-0.2, 0) is 51.2 Å². The molecule has 0 unspecified atom stereocenters. The van der Waals surface area contributed by atoms with Crippen molar-refractivity contribution in [3.8, 4) is 0 Å². The van der Waals surface area contributed by atoms with E-state index in [2.05, 4.69) is 270 Å². The summed E-state index contributed by atoms with van der Waals surface area (Å²) in [4.78, 5) is 86.0. The highest BCUT2D eigenvalue weighted by Gasteiger charge is 2.51. The van der Waals surface area contributed by atoms with E-state index in [9.17, 15) is 0 Å². The summed E-state index contributed by atoms with van der Waals surface area (Å²) in [6.45, 7) is 3.20. The molecule has 0 N–H and O–H groups in total. The average molecular weight is 1910 g/mol. The minimum Gasteiger partial charge on any atom is -0.378 e. The van der Waals surface area contributed by atoms with Gasteiger partial charge in [-0.1, -0.05) is 182 Å². The molecule has 0 aliphatic carbocycles. The van der Waals surface area contributed by atoms with E-state index in [1.807, 2.05) is 202 Å². The number of anilines is 16. The zero-order valence-corrected chi connectivity index (χ0v) is 82.1. The fraction of sp³-hybridized carbons (Fsp3) is 0.167. The van der Waals surface area contributed by atoms with Crippen LogP contribution in [0.1, 0.15) is 46.2 Å². The molecule has 0 radical (unpaired) electrons. The first-order chi connectivity index (χ1) is 69.4. The van der Waals surface area contributed by atoms with Crippen molar-refractivity contribution in [1.29, 1.82) is 0 Å². The van der Waals surface area contributed by atoms with Gasteiger partial charge in [0.1, 0.15) is 10.0 Å². The number of para-hydroxylation sites is 2. The van der Waals surface area contributed by atoms with Crippen LogP contribution in [0.25, 0.3) is 43.0 Å². The molecular formula is C120H108N12O8S2. The van der Waals surface area contributed by atoms with Crippen molar-refractivity contribution >= 4 is 179 Å². The van der Waals surface area contributed by atoms with E-state index >= 15 is 19.2 Å². The van der Waals surface area contributed by atoms with E-state index in [1.54, 1.807) is 42.3 Å². The number of ether oxygens (including phenoxy) is 4. The third-order valence-corrected chi connectivity index (χ3v) is 28.9. The molecule has 22 rings (SSSR count). The number of carbonyl (C=O) groups excluding carboxylic acids is 4. The lowest BCUT2D eigenvalue weighted by molar-refractivity contribution is -0.125. The maximum Gasteiger partial charge on any atom is 0.261 e. The second-order valence-electron chi connectivity index (χ2n) is 36.6. The van der Waals surface area contributed by atoms with Crippen molar-refractivity contribution in [2.75, 3.05) is 135 Å². The molecule has 2 fully saturated rings. The minimum atomic E-state index is -0.439. The van der Waals surface area contributed by atoms with Gasteiger partial charge in [-0.2, -0.15) is 0 Å². The summed E-state index contributed by atoms with van der Waals surface area (Å²) in [6.07, 6.45) is 0.0244. The molecule has 2 aromatic heterocycles. The molecule has 142 heavy (non-hydrogen) atoms. The molecule has 708 valence electrons. The zero-order chi connectivity index (χ0) is 97.2. The maximum atomic E-state index is 15.5. The predicted octanol–water partition coefficient (Wildman–Crippen LogP) is 25.5. The van der Waals surface area contributed by atoms with E-state index < -0.39 is 12.6 Å². The number of rotatable bonds is 30. The molecule has 16 aromatic rings. The fourth-order valence-corrected chi connectivity index (χ4v) is 21.8. The summed E-state index contributed by atoms with van der Waals surface area (Å²) in [7, 11) is 16.3. The smallest absolute Gasteiger partial charge is 0.261 e. The van der Waals surface area contributed by atoms with E-state index in [4.69, 9.17) is 18.9 Å². The maximum absolute atomic E-state index is 15.5. The van der Waals surface area contributed by atoms with Crippen molar-refractivity contribution < 1.29 is 38.1 Å². The Bertz CT molecular complexity index is 6820. The molecule has 0 spiro atoms. The Hall–Kier alpha value is -15.9. The Morgan fingerprint density at radius 1 is 0.246 bits per heavy atom. The van der Waals surface area contributed by atoms with Crippen LogP contribution in [0, 0.1) is 0 Å². The van der Waals surface area contributed by atoms with Crippen molar-refractivity contribution in [3.05, 3.63) is 432 Å². The Morgan fingerprint density at radius 3 is 0.732 bits per heavy atom. The largest absolute Gasteiger partial charge is 0.378 e. The third kappa shape index (κ3) is 18.6. The minimum absolute atomic E-state index is 0.210. The first-order valence-electron chi connectivity index (χ1n) is 48.0. The number of fused-ring (bicyclic) bond motifs is 4. The number of hydrogen-bond donors (Lipinski definition) is 0. The third-order valence-electron chi connectivity index (χ3n) is 26.7. The van der Waals surface area contributed by atoms with Gasteiger partial charge in [0.05, 0.1) is 84.6 Å². The van der Waals surface area contributed by atoms with E-state index in [1.165, 1.54) is 20.2 Å². The van der Waals surface area contributed by atoms with Gasteiger partial charge in [0.15, 0.2) is 12.6 Å². The number of amides is 4. The molecule has 4 amide bonds. The molecule has 22 heteroatoms. The van der Waals surface area contributed by atoms with Crippen LogP contribution in [0.15, 0.2) is 398 Å². The van der Waals surface area contributed by atoms with Gasteiger partial charge in [-0.15, -0.1) is 22.7 Å². The van der Waals surface area contributed by atoms with Gasteiger partial charge in [-0.25, -0.2) is 0 Å². The molecule has 20 nitrogen and oxygen atoms in total. The molecule has 6 aliphatic heterocycles. The van der Waals surface area contributed by atoms with E-state index in [-0.39, 0.29) is 23.6 Å². The zero-order valence-electron chi connectivity index (χ0n) is 80.5. The monoisotopic (exact) mass is 1910 g/mol. The van der Waals surface area contributed by atoms with Crippen LogP contribution in [0.4, 0.5) is 89.6 Å². The second-order valence-corrected chi connectivity index (χ2v) is 38.7. The lowest BCUT2D eigenvalue weighted by atomic mass is 10.0. The van der Waals surface area contributed by atoms with Gasteiger partial charge >= 0.3 is 0 Å². The fourth-order valence-electron chi connectivity index (χ4n) is 19.6. The highest BCUT2D eigenvalue weighted by atomic mass is 32.1. The summed E-state index contributed by atoms with van der Waals surface area (Å²) in [5, 5.41) is 4.51. The molecule has 0 atom stereocenters. The van der Waals surface area contributed by atoms with Gasteiger partial charge < -0.3 is 77.7 Å². The highest BCUT2D eigenvalue weighted by Crippen LogP contribution is 2.53. The summed E-state index contributed by atoms with van der Waals surface area (Å²) in [6, 6.07) is 129. The predicted molar refractivity (Wildman–Crippen MR) is 578 cm³/mol. The van der Waals surface area contributed by atoms with Crippen LogP contribution in [0.5, 0.6) is 0 Å². The standard InChI is InChI=1S/C64H62N8O2.C56H46N4O6S2/c1-65(2)49-27-35-55(36-28-49)71(56-37-29-50(30-38-56)66(3)4)53-23-19-47(20-24-53)61-59-60(64(74)69(61)43-45-15-11-9-12-16-45)62(70(63(59)73)44-46-17-13-10-14-18-46)48-21-25-54(26-22-48)72(57-39-31-51(32-40-57)67(5)6)58-41-33-52(34-42-58)68(7)8;61-55-51-52(54(58(55)30-28-50-65-33-34-66-50)38-21-25-44(26-22-38)60(42-15-5-2-6-16-42)48-36-40-12-8-10-18-46(40)68-48)56(62)57(29-27-49-63-31-32-64-49)53(51)37-19-23-43(24-20-37)59(41-13-3-1-4-14-41)47-35-39-11-7-9-17-45(39)67-47/h9-42H,43-44H2,1-8H3;1-26,35-36,49-50H,27-34H2. The van der Waals surface area contributed by atoms with Gasteiger partial charge in [0.2, 0.25) is 0 Å². The summed E-state index contributed by atoms with van der Waals surface area (Å²) >= 11 is 3.47. The summed E-state index contributed by atoms with van der Waals surface area (Å²) in [5.41, 5.74) is 23.2. The topological polar surface area (TPSA) is 144 Å². The van der Waals surface area contributed by atoms with Crippen LogP contribution in [-0.4, -0.2) is 152 Å². The Balaban J connectivity index is 0.000000168. The van der Waals surface area contributed by atoms with Gasteiger partial charge in [-0.3, -0.25) is 19.2 Å². The second kappa shape index (κ2) is 40.5. The quantitative estimate of drug-likeness (QED) is 0.0421. The van der Waals surface area contributed by atoms with Crippen LogP contribution in [0.3, 0.4) is 0 Å². The molecule has 0 saturated carbocycles. The van der Waals surface area contributed by atoms with Crippen LogP contribution < -0.4 is 39.2 Å². The van der Waals surface area contributed by atoms with Crippen molar-refractivity contribution in [3.63, 3.8) is 0 Å². The van der Waals surface area contributed by atoms with Crippen LogP contribution >= 0.6 is 22.7 Å². The van der Waals surface area contributed by atoms with Gasteiger partial charge in [0.25, 0.3) is 23.6 Å². The lowest BCUT2D eigenvalue weighted by Gasteiger charge is -2.28. The number of hydrogen-bond acceptors (Lipinski definition) is 18. The summed E-state index contributed by atoms with van der Waals surface area (Å²) in [5.74, 6) is -0.878. The van der Waals surface area contributed by atoms with Crippen molar-refractivity contribution in [2.45, 2.75) is 38.5 Å². The normalized spacial score (nSPS) is 14.8. The molecule has 14 aromatic carbocycles. The van der Waals surface area contributed by atoms with Gasteiger partial charge in [0, 0.05) is 171 Å². The lowest BCUT2D eigenvalue weighted by Crippen LogP contribution is -2.33. The van der Waals surface area contributed by atoms with E-state index in [0.29, 0.717) is 111 Å². The average Bonchev–Trinajstić information content (AvgIpc) is 1.55. The van der Waals surface area contributed by atoms with Crippen molar-refractivity contribution in [2.24, 2.45) is 0 Å². The van der Waals surface area contributed by atoms with Gasteiger partial charge in [-0.05, 0) is 238 Å². The number of carbonyl (C=O) groups is 4. The first kappa shape index (κ1) is 92.4. The first-order valence-corrected chi connectivity index (χ1v) is 49.6. The summed E-state index contributed by atoms with van der Waals surface area (Å²) < 4.78 is 25.8. The Kier molecular flexibility index (Phi) is 26.4. The number of thiophene rings is 2. The van der Waals surface area contributed by atoms with Crippen LogP contribution in [0.2, 0.25) is 0 Å². The Morgan fingerprint density at radius 2 is 0.465 bits per heavy atom. The molecule has 6 aliphatic rings. The molecule has 0 bridgehead atoms. The van der Waals surface area contributed by atoms with E-state index in [0.717, 1.165) is 123 Å². The molecule has 2 saturated heterocycles. The number of nitrogens with zero attached hydrogens (tertiary/aromatic N) is 12. The highest BCUT2D eigenvalue weighted by molar-refractivity contribution is 7.23. The molecule has 8 heterocycles. The van der Waals surface area contributed by atoms with Crippen molar-refractivity contribution in [1.82, 2.24) is 19.6 Å². The number of benzene rings is 14. The Labute approximate surface area is 836 Å².